The van der Waals surface area contributed by atoms with E-state index in [1.807, 2.05) is 36.4 Å². The molecule has 0 aliphatic rings. The van der Waals surface area contributed by atoms with Gasteiger partial charge in [0, 0.05) is 6.20 Å². The highest BCUT2D eigenvalue weighted by Gasteiger charge is 2.13. The van der Waals surface area contributed by atoms with Gasteiger partial charge in [0.15, 0.2) is 5.65 Å². The number of fused-ring (bicyclic) bond motifs is 2. The summed E-state index contributed by atoms with van der Waals surface area (Å²) in [5.41, 5.74) is 2.27. The molecule has 0 aliphatic carbocycles. The first kappa shape index (κ1) is 14.1. The zero-order chi connectivity index (χ0) is 16.7. The fourth-order valence-corrected chi connectivity index (χ4v) is 2.80. The van der Waals surface area contributed by atoms with Crippen LogP contribution in [0.1, 0.15) is 10.4 Å². The molecule has 0 saturated heterocycles. The molecule has 0 aliphatic heterocycles. The third-order valence-corrected chi connectivity index (χ3v) is 3.98. The van der Waals surface area contributed by atoms with Gasteiger partial charge in [-0.2, -0.15) is 0 Å². The Morgan fingerprint density at radius 3 is 2.50 bits per heavy atom. The Morgan fingerprint density at radius 1 is 0.958 bits per heavy atom. The molecule has 5 nitrogen and oxygen atoms in total. The summed E-state index contributed by atoms with van der Waals surface area (Å²) in [5, 5.41) is 9.74. The average Bonchev–Trinajstić information content (AvgIpc) is 2.62. The fourth-order valence-electron chi connectivity index (χ4n) is 2.80. The quantitative estimate of drug-likeness (QED) is 0.576. The van der Waals surface area contributed by atoms with E-state index in [0.29, 0.717) is 10.9 Å². The summed E-state index contributed by atoms with van der Waals surface area (Å²) >= 11 is 0. The number of rotatable bonds is 2. The minimum atomic E-state index is -1.11. The molecule has 0 amide bonds. The van der Waals surface area contributed by atoms with Gasteiger partial charge in [0.05, 0.1) is 10.9 Å². The summed E-state index contributed by atoms with van der Waals surface area (Å²) in [7, 11) is 0. The Hall–Kier alpha value is -3.47. The number of hydrogen-bond acceptors (Lipinski definition) is 3. The number of nitrogens with zero attached hydrogens (tertiary/aromatic N) is 2. The lowest BCUT2D eigenvalue weighted by molar-refractivity contribution is 0.0698. The fraction of sp³-hybridized carbons (Fsp3) is 0. The monoisotopic (exact) mass is 316 g/mol. The second-order valence-corrected chi connectivity index (χ2v) is 5.44. The third-order valence-electron chi connectivity index (χ3n) is 3.98. The van der Waals surface area contributed by atoms with Crippen LogP contribution >= 0.6 is 0 Å². The maximum absolute atomic E-state index is 12.8. The highest BCUT2D eigenvalue weighted by Crippen LogP contribution is 2.22. The maximum Gasteiger partial charge on any atom is 0.339 e. The van der Waals surface area contributed by atoms with E-state index in [0.717, 1.165) is 11.1 Å². The summed E-state index contributed by atoms with van der Waals surface area (Å²) in [6.07, 6.45) is 1.53. The van der Waals surface area contributed by atoms with Gasteiger partial charge in [-0.1, -0.05) is 36.4 Å². The van der Waals surface area contributed by atoms with Gasteiger partial charge >= 0.3 is 5.97 Å². The Balaban J connectivity index is 2.06. The molecule has 2 aromatic heterocycles. The van der Waals surface area contributed by atoms with Crippen molar-refractivity contribution < 1.29 is 9.90 Å². The predicted molar refractivity (Wildman–Crippen MR) is 91.4 cm³/mol. The predicted octanol–water partition coefficient (Wildman–Crippen LogP) is 3.21. The van der Waals surface area contributed by atoms with E-state index < -0.39 is 5.97 Å². The SMILES string of the molecule is O=C(O)c1cccn2c(=O)c3cc(-c4ccccc4)ccc3nc12. The number of aromatic nitrogens is 2. The van der Waals surface area contributed by atoms with Crippen molar-refractivity contribution in [2.75, 3.05) is 0 Å². The summed E-state index contributed by atoms with van der Waals surface area (Å²) in [6, 6.07) is 18.1. The number of carboxylic acids is 1. The van der Waals surface area contributed by atoms with Gasteiger partial charge in [-0.25, -0.2) is 9.78 Å². The molecule has 0 saturated carbocycles. The number of aromatic carboxylic acids is 1. The van der Waals surface area contributed by atoms with Gasteiger partial charge in [0.2, 0.25) is 0 Å². The number of carbonyl (C=O) groups is 1. The largest absolute Gasteiger partial charge is 0.478 e. The molecule has 4 rings (SSSR count). The van der Waals surface area contributed by atoms with Crippen LogP contribution in [0.3, 0.4) is 0 Å². The normalized spacial score (nSPS) is 11.0. The van der Waals surface area contributed by atoms with Crippen LogP contribution in [0.4, 0.5) is 0 Å². The maximum atomic E-state index is 12.8. The average molecular weight is 316 g/mol. The van der Waals surface area contributed by atoms with Crippen LogP contribution < -0.4 is 5.56 Å². The van der Waals surface area contributed by atoms with Crippen molar-refractivity contribution in [3.63, 3.8) is 0 Å². The van der Waals surface area contributed by atoms with Gasteiger partial charge in [0.25, 0.3) is 5.56 Å². The second kappa shape index (κ2) is 5.31. The van der Waals surface area contributed by atoms with Crippen LogP contribution in [0, 0.1) is 0 Å². The molecule has 0 unspecified atom stereocenters. The smallest absolute Gasteiger partial charge is 0.339 e. The molecule has 1 N–H and O–H groups in total. The van der Waals surface area contributed by atoms with Gasteiger partial charge in [-0.05, 0) is 35.4 Å². The second-order valence-electron chi connectivity index (χ2n) is 5.44. The van der Waals surface area contributed by atoms with Gasteiger partial charge in [-0.3, -0.25) is 9.20 Å². The van der Waals surface area contributed by atoms with Crippen LogP contribution in [0.2, 0.25) is 0 Å². The van der Waals surface area contributed by atoms with E-state index in [2.05, 4.69) is 4.98 Å². The Morgan fingerprint density at radius 2 is 1.75 bits per heavy atom. The summed E-state index contributed by atoms with van der Waals surface area (Å²) in [4.78, 5) is 28.5. The first-order valence-electron chi connectivity index (χ1n) is 7.39. The standard InChI is InChI=1S/C19H12N2O3/c22-18-15-11-13(12-5-2-1-3-6-12)8-9-16(15)20-17-14(19(23)24)7-4-10-21(17)18/h1-11H,(H,23,24). The molecule has 4 aromatic rings. The lowest BCUT2D eigenvalue weighted by Gasteiger charge is -2.07. The summed E-state index contributed by atoms with van der Waals surface area (Å²) in [6.45, 7) is 0. The number of benzene rings is 2. The molecule has 2 aromatic carbocycles. The number of carboxylic acid groups (broad SMARTS) is 1. The number of pyridine rings is 1. The molecular weight excluding hydrogens is 304 g/mol. The van der Waals surface area contributed by atoms with E-state index in [1.165, 1.54) is 22.7 Å². The molecule has 2 heterocycles. The van der Waals surface area contributed by atoms with Crippen molar-refractivity contribution in [2.45, 2.75) is 0 Å². The van der Waals surface area contributed by atoms with Gasteiger partial charge in [0.1, 0.15) is 5.56 Å². The zero-order valence-corrected chi connectivity index (χ0v) is 12.5. The first-order chi connectivity index (χ1) is 11.6. The van der Waals surface area contributed by atoms with E-state index >= 15 is 0 Å². The van der Waals surface area contributed by atoms with E-state index in [9.17, 15) is 14.7 Å². The van der Waals surface area contributed by atoms with Crippen LogP contribution in [0.5, 0.6) is 0 Å². The van der Waals surface area contributed by atoms with Crippen molar-refractivity contribution in [3.8, 4) is 11.1 Å². The van der Waals surface area contributed by atoms with Crippen LogP contribution in [-0.2, 0) is 0 Å². The van der Waals surface area contributed by atoms with Gasteiger partial charge < -0.3 is 5.11 Å². The minimum Gasteiger partial charge on any atom is -0.478 e. The highest BCUT2D eigenvalue weighted by atomic mass is 16.4. The van der Waals surface area contributed by atoms with Crippen molar-refractivity contribution in [1.29, 1.82) is 0 Å². The molecule has 24 heavy (non-hydrogen) atoms. The molecule has 0 spiro atoms. The van der Waals surface area contributed by atoms with Crippen LogP contribution in [0.25, 0.3) is 27.7 Å². The molecule has 0 radical (unpaired) electrons. The summed E-state index contributed by atoms with van der Waals surface area (Å²) < 4.78 is 1.28. The van der Waals surface area contributed by atoms with E-state index in [-0.39, 0.29) is 16.8 Å². The Kier molecular flexibility index (Phi) is 3.13. The van der Waals surface area contributed by atoms with E-state index in [4.69, 9.17) is 0 Å². The molecule has 0 bridgehead atoms. The number of hydrogen-bond donors (Lipinski definition) is 1. The highest BCUT2D eigenvalue weighted by molar-refractivity contribution is 5.96. The topological polar surface area (TPSA) is 71.7 Å². The van der Waals surface area contributed by atoms with E-state index in [1.54, 1.807) is 12.1 Å². The summed E-state index contributed by atoms with van der Waals surface area (Å²) in [5.74, 6) is -1.11. The lowest BCUT2D eigenvalue weighted by Crippen LogP contribution is -2.17. The van der Waals surface area contributed by atoms with Crippen LogP contribution in [-0.4, -0.2) is 20.5 Å². The molecular formula is C19H12N2O3. The van der Waals surface area contributed by atoms with Crippen LogP contribution in [0.15, 0.2) is 71.7 Å². The molecule has 116 valence electrons. The van der Waals surface area contributed by atoms with Gasteiger partial charge in [-0.15, -0.1) is 0 Å². The Bertz CT molecular complexity index is 1150. The molecule has 5 heteroatoms. The minimum absolute atomic E-state index is 0.00337. The zero-order valence-electron chi connectivity index (χ0n) is 12.5. The van der Waals surface area contributed by atoms with Crippen molar-refractivity contribution in [3.05, 3.63) is 82.8 Å². The molecule has 0 fully saturated rings. The Labute approximate surface area is 136 Å². The van der Waals surface area contributed by atoms with Crippen molar-refractivity contribution in [2.24, 2.45) is 0 Å². The lowest BCUT2D eigenvalue weighted by atomic mass is 10.0. The van der Waals surface area contributed by atoms with Crippen molar-refractivity contribution >= 4 is 22.5 Å². The molecule has 0 atom stereocenters. The third kappa shape index (κ3) is 2.14. The van der Waals surface area contributed by atoms with Crippen molar-refractivity contribution in [1.82, 2.24) is 9.38 Å². The first-order valence-corrected chi connectivity index (χ1v) is 7.39.